The molecule has 0 bridgehead atoms. The summed E-state index contributed by atoms with van der Waals surface area (Å²) >= 11 is 0. The normalized spacial score (nSPS) is 12.8. The second-order valence-electron chi connectivity index (χ2n) is 3.64. The number of nitrogen functional groups attached to an aromatic ring is 1. The molecule has 0 aliphatic rings. The quantitative estimate of drug-likeness (QED) is 0.525. The molecule has 1 aromatic rings. The van der Waals surface area contributed by atoms with Crippen molar-refractivity contribution in [1.29, 1.82) is 0 Å². The van der Waals surface area contributed by atoms with Crippen LogP contribution in [0.2, 0.25) is 0 Å². The second-order valence-corrected chi connectivity index (χ2v) is 3.64. The lowest BCUT2D eigenvalue weighted by Crippen LogP contribution is -2.34. The van der Waals surface area contributed by atoms with Gasteiger partial charge in [-0.15, -0.1) is 0 Å². The van der Waals surface area contributed by atoms with E-state index in [4.69, 9.17) is 5.73 Å². The number of rotatable bonds is 5. The summed E-state index contributed by atoms with van der Waals surface area (Å²) < 4.78 is 0. The molecular formula is C12H16N4O2. The number of carboxylic acids is 1. The number of aliphatic carboxylic acids is 1. The van der Waals surface area contributed by atoms with Crippen LogP contribution >= 0.6 is 0 Å². The molecule has 6 nitrogen and oxygen atoms in total. The van der Waals surface area contributed by atoms with Gasteiger partial charge in [-0.25, -0.2) is 4.98 Å². The summed E-state index contributed by atoms with van der Waals surface area (Å²) in [6.45, 7) is 3.50. The van der Waals surface area contributed by atoms with Gasteiger partial charge in [0.1, 0.15) is 17.6 Å². The molecule has 18 heavy (non-hydrogen) atoms. The molecule has 0 fully saturated rings. The predicted molar refractivity (Wildman–Crippen MR) is 70.2 cm³/mol. The highest BCUT2D eigenvalue weighted by Crippen LogP contribution is 2.11. The molecule has 0 spiro atoms. The third kappa shape index (κ3) is 3.58. The minimum absolute atomic E-state index is 0.288. The van der Waals surface area contributed by atoms with Gasteiger partial charge in [0.05, 0.1) is 0 Å². The van der Waals surface area contributed by atoms with E-state index in [-0.39, 0.29) is 6.42 Å². The van der Waals surface area contributed by atoms with Crippen LogP contribution in [-0.2, 0) is 11.2 Å². The van der Waals surface area contributed by atoms with E-state index in [0.29, 0.717) is 11.7 Å². The number of amidine groups is 1. The van der Waals surface area contributed by atoms with E-state index >= 15 is 0 Å². The number of aromatic nitrogens is 1. The lowest BCUT2D eigenvalue weighted by atomic mass is 9.99. The molecule has 0 aliphatic heterocycles. The van der Waals surface area contributed by atoms with Gasteiger partial charge in [0, 0.05) is 13.2 Å². The molecule has 1 unspecified atom stereocenters. The molecule has 1 rings (SSSR count). The standard InChI is InChI=1S/C12H16N4O2/c1-3-15-11(14-2)9(12(17)18)6-8-4-5-10(13)16-7-8/h3-5,7,9H,1,6H2,2H3,(H2,13,16)(H,14,15)(H,17,18). The maximum absolute atomic E-state index is 11.2. The van der Waals surface area contributed by atoms with Crippen LogP contribution in [0, 0.1) is 5.92 Å². The Morgan fingerprint density at radius 1 is 1.72 bits per heavy atom. The van der Waals surface area contributed by atoms with Crippen molar-refractivity contribution in [3.8, 4) is 0 Å². The topological polar surface area (TPSA) is 101 Å². The van der Waals surface area contributed by atoms with Gasteiger partial charge in [-0.3, -0.25) is 9.79 Å². The van der Waals surface area contributed by atoms with Gasteiger partial charge in [0.25, 0.3) is 0 Å². The Morgan fingerprint density at radius 2 is 2.44 bits per heavy atom. The van der Waals surface area contributed by atoms with E-state index in [0.717, 1.165) is 5.56 Å². The van der Waals surface area contributed by atoms with Crippen molar-refractivity contribution >= 4 is 17.6 Å². The summed E-state index contributed by atoms with van der Waals surface area (Å²) in [5.41, 5.74) is 6.26. The fourth-order valence-corrected chi connectivity index (χ4v) is 1.52. The van der Waals surface area contributed by atoms with Gasteiger partial charge in [0.15, 0.2) is 0 Å². The summed E-state index contributed by atoms with van der Waals surface area (Å²) in [5.74, 6) is -0.964. The first-order chi connectivity index (χ1) is 8.58. The van der Waals surface area contributed by atoms with Crippen LogP contribution in [0.1, 0.15) is 5.56 Å². The van der Waals surface area contributed by atoms with Crippen LogP contribution in [-0.4, -0.2) is 28.9 Å². The zero-order valence-corrected chi connectivity index (χ0v) is 10.1. The van der Waals surface area contributed by atoms with Crippen molar-refractivity contribution in [3.63, 3.8) is 0 Å². The van der Waals surface area contributed by atoms with E-state index < -0.39 is 11.9 Å². The predicted octanol–water partition coefficient (Wildman–Crippen LogP) is 0.668. The van der Waals surface area contributed by atoms with E-state index in [9.17, 15) is 9.90 Å². The highest BCUT2D eigenvalue weighted by Gasteiger charge is 2.23. The Bertz CT molecular complexity index is 454. The second kappa shape index (κ2) is 6.39. The summed E-state index contributed by atoms with van der Waals surface area (Å²) in [4.78, 5) is 19.1. The van der Waals surface area contributed by atoms with Crippen LogP contribution in [0.15, 0.2) is 36.1 Å². The molecule has 0 saturated heterocycles. The third-order valence-electron chi connectivity index (χ3n) is 2.41. The number of nitrogens with zero attached hydrogens (tertiary/aromatic N) is 2. The molecule has 0 aliphatic carbocycles. The molecule has 0 amide bonds. The number of carboxylic acid groups (broad SMARTS) is 1. The van der Waals surface area contributed by atoms with Crippen LogP contribution in [0.5, 0.6) is 0 Å². The third-order valence-corrected chi connectivity index (χ3v) is 2.41. The first kappa shape index (κ1) is 13.7. The zero-order valence-electron chi connectivity index (χ0n) is 10.1. The Morgan fingerprint density at radius 3 is 2.89 bits per heavy atom. The lowest BCUT2D eigenvalue weighted by Gasteiger charge is -2.14. The average molecular weight is 248 g/mol. The smallest absolute Gasteiger partial charge is 0.314 e. The van der Waals surface area contributed by atoms with Gasteiger partial charge in [-0.1, -0.05) is 12.6 Å². The number of anilines is 1. The van der Waals surface area contributed by atoms with Crippen molar-refractivity contribution < 1.29 is 9.90 Å². The molecule has 0 saturated carbocycles. The molecule has 0 aromatic carbocycles. The maximum atomic E-state index is 11.2. The van der Waals surface area contributed by atoms with E-state index in [1.165, 1.54) is 13.2 Å². The maximum Gasteiger partial charge on any atom is 0.314 e. The van der Waals surface area contributed by atoms with Gasteiger partial charge in [-0.05, 0) is 24.3 Å². The molecule has 1 atom stereocenters. The lowest BCUT2D eigenvalue weighted by molar-refractivity contribution is -0.139. The first-order valence-corrected chi connectivity index (χ1v) is 5.35. The van der Waals surface area contributed by atoms with Gasteiger partial charge in [-0.2, -0.15) is 0 Å². The van der Waals surface area contributed by atoms with Gasteiger partial charge in [0.2, 0.25) is 0 Å². The van der Waals surface area contributed by atoms with E-state index in [1.54, 1.807) is 18.3 Å². The molecule has 1 heterocycles. The summed E-state index contributed by atoms with van der Waals surface area (Å²) in [7, 11) is 1.53. The molecule has 0 radical (unpaired) electrons. The SMILES string of the molecule is C=CNC(=NC)C(Cc1ccc(N)nc1)C(=O)O. The minimum Gasteiger partial charge on any atom is -0.481 e. The fraction of sp³-hybridized carbons (Fsp3) is 0.250. The van der Waals surface area contributed by atoms with Gasteiger partial charge >= 0.3 is 5.97 Å². The van der Waals surface area contributed by atoms with Crippen LogP contribution in [0.4, 0.5) is 5.82 Å². The Balaban J connectivity index is 2.89. The number of nitrogens with one attached hydrogen (secondary N) is 1. The Labute approximate surface area is 105 Å². The molecule has 6 heteroatoms. The number of pyridine rings is 1. The van der Waals surface area contributed by atoms with Crippen molar-refractivity contribution in [2.24, 2.45) is 10.9 Å². The van der Waals surface area contributed by atoms with Crippen LogP contribution < -0.4 is 11.1 Å². The van der Waals surface area contributed by atoms with E-state index in [1.807, 2.05) is 0 Å². The number of nitrogens with two attached hydrogens (primary N) is 1. The largest absolute Gasteiger partial charge is 0.481 e. The van der Waals surface area contributed by atoms with Crippen LogP contribution in [0.3, 0.4) is 0 Å². The van der Waals surface area contributed by atoms with Gasteiger partial charge < -0.3 is 16.2 Å². The summed E-state index contributed by atoms with van der Waals surface area (Å²) in [6, 6.07) is 3.39. The first-order valence-electron chi connectivity index (χ1n) is 5.35. The number of hydrogen-bond acceptors (Lipinski definition) is 4. The van der Waals surface area contributed by atoms with Crippen LogP contribution in [0.25, 0.3) is 0 Å². The van der Waals surface area contributed by atoms with E-state index in [2.05, 4.69) is 21.9 Å². The number of aliphatic imine (C=N–C) groups is 1. The highest BCUT2D eigenvalue weighted by molar-refractivity contribution is 6.00. The highest BCUT2D eigenvalue weighted by atomic mass is 16.4. The summed E-state index contributed by atoms with van der Waals surface area (Å²) in [5, 5.41) is 12.0. The number of carbonyl (C=O) groups is 1. The monoisotopic (exact) mass is 248 g/mol. The molecular weight excluding hydrogens is 232 g/mol. The molecule has 4 N–H and O–H groups in total. The Kier molecular flexibility index (Phi) is 4.86. The number of hydrogen-bond donors (Lipinski definition) is 3. The molecule has 1 aromatic heterocycles. The summed E-state index contributed by atoms with van der Waals surface area (Å²) in [6.07, 6.45) is 3.25. The fourth-order valence-electron chi connectivity index (χ4n) is 1.52. The zero-order chi connectivity index (χ0) is 13.5. The average Bonchev–Trinajstić information content (AvgIpc) is 2.35. The minimum atomic E-state index is -0.957. The van der Waals surface area contributed by atoms with Crippen molar-refractivity contribution in [2.45, 2.75) is 6.42 Å². The van der Waals surface area contributed by atoms with Crippen molar-refractivity contribution in [2.75, 3.05) is 12.8 Å². The Hall–Kier alpha value is -2.37. The molecule has 96 valence electrons. The van der Waals surface area contributed by atoms with Crippen molar-refractivity contribution in [3.05, 3.63) is 36.7 Å². The van der Waals surface area contributed by atoms with Crippen molar-refractivity contribution in [1.82, 2.24) is 10.3 Å².